The molecule has 0 bridgehead atoms. The normalized spacial score (nSPS) is 17.4. The molecule has 2 aromatic rings. The number of pyridine rings is 1. The van der Waals surface area contributed by atoms with E-state index in [9.17, 15) is 22.4 Å². The Hall–Kier alpha value is -2.68. The van der Waals surface area contributed by atoms with Gasteiger partial charge in [-0.05, 0) is 61.3 Å². The molecule has 1 saturated carbocycles. The van der Waals surface area contributed by atoms with Gasteiger partial charge in [-0.3, -0.25) is 4.79 Å². The minimum Gasteiger partial charge on any atom is -0.381 e. The van der Waals surface area contributed by atoms with Gasteiger partial charge in [0.15, 0.2) is 5.82 Å². The summed E-state index contributed by atoms with van der Waals surface area (Å²) >= 11 is 0. The van der Waals surface area contributed by atoms with Crippen molar-refractivity contribution in [3.63, 3.8) is 0 Å². The second-order valence-corrected chi connectivity index (χ2v) is 7.99. The Morgan fingerprint density at radius 2 is 1.90 bits per heavy atom. The first-order valence-corrected chi connectivity index (χ1v) is 10.3. The number of hydrogen-bond donors (Lipinski definition) is 2. The first-order chi connectivity index (χ1) is 14.8. The number of hydrogen-bond acceptors (Lipinski definition) is 4. The van der Waals surface area contributed by atoms with Crippen molar-refractivity contribution >= 4 is 17.4 Å². The van der Waals surface area contributed by atoms with Crippen LogP contribution in [0.4, 0.5) is 29.1 Å². The number of nitrogens with zero attached hydrogens (tertiary/aromatic N) is 1. The first kappa shape index (κ1) is 21.5. The number of nitrogens with one attached hydrogen (secondary N) is 2. The summed E-state index contributed by atoms with van der Waals surface area (Å²) in [6.07, 6.45) is 0.254. The lowest BCUT2D eigenvalue weighted by atomic mass is 10.00. The number of ether oxygens (including phenoxy) is 1. The van der Waals surface area contributed by atoms with Crippen LogP contribution in [0.15, 0.2) is 30.5 Å². The largest absolute Gasteiger partial charge is 0.419 e. The third-order valence-corrected chi connectivity index (χ3v) is 5.66. The quantitative estimate of drug-likeness (QED) is 0.624. The van der Waals surface area contributed by atoms with Gasteiger partial charge in [-0.15, -0.1) is 0 Å². The molecule has 1 aromatic heterocycles. The summed E-state index contributed by atoms with van der Waals surface area (Å²) in [4.78, 5) is 16.9. The van der Waals surface area contributed by atoms with Gasteiger partial charge in [0.2, 0.25) is 0 Å². The molecule has 0 radical (unpaired) electrons. The highest BCUT2D eigenvalue weighted by atomic mass is 19.4. The number of carbonyl (C=O) groups excluding carboxylic acids is 1. The third-order valence-electron chi connectivity index (χ3n) is 5.66. The predicted octanol–water partition coefficient (Wildman–Crippen LogP) is 5.02. The van der Waals surface area contributed by atoms with Crippen molar-refractivity contribution in [3.8, 4) is 0 Å². The molecule has 0 atom stereocenters. The van der Waals surface area contributed by atoms with E-state index in [1.165, 1.54) is 12.3 Å². The molecular weight excluding hydrogens is 414 g/mol. The first-order valence-electron chi connectivity index (χ1n) is 10.3. The Labute approximate surface area is 177 Å². The van der Waals surface area contributed by atoms with Gasteiger partial charge in [0.1, 0.15) is 5.82 Å². The summed E-state index contributed by atoms with van der Waals surface area (Å²) < 4.78 is 58.5. The molecule has 9 heteroatoms. The summed E-state index contributed by atoms with van der Waals surface area (Å²) in [6.45, 7) is 1.95. The van der Waals surface area contributed by atoms with Crippen molar-refractivity contribution in [2.24, 2.45) is 5.92 Å². The SMILES string of the molecule is O=C(NCC1CCOCC1)c1cnc(Nc2cccc(C(F)(F)F)c2F)cc1C1CC1. The van der Waals surface area contributed by atoms with Crippen LogP contribution < -0.4 is 10.6 Å². The summed E-state index contributed by atoms with van der Waals surface area (Å²) in [5.41, 5.74) is -0.441. The number of halogens is 4. The number of amides is 1. The van der Waals surface area contributed by atoms with Crippen molar-refractivity contribution in [3.05, 3.63) is 53.0 Å². The summed E-state index contributed by atoms with van der Waals surface area (Å²) in [6, 6.07) is 4.67. The Morgan fingerprint density at radius 1 is 1.16 bits per heavy atom. The van der Waals surface area contributed by atoms with E-state index in [4.69, 9.17) is 4.74 Å². The average Bonchev–Trinajstić information content (AvgIpc) is 3.59. The van der Waals surface area contributed by atoms with Crippen LogP contribution in [0.2, 0.25) is 0 Å². The molecule has 166 valence electrons. The smallest absolute Gasteiger partial charge is 0.381 e. The molecule has 1 aliphatic heterocycles. The number of carbonyl (C=O) groups is 1. The molecule has 5 nitrogen and oxygen atoms in total. The molecule has 31 heavy (non-hydrogen) atoms. The molecule has 1 aliphatic carbocycles. The minimum absolute atomic E-state index is 0.193. The molecule has 1 amide bonds. The van der Waals surface area contributed by atoms with E-state index in [0.29, 0.717) is 37.3 Å². The number of benzene rings is 1. The van der Waals surface area contributed by atoms with Crippen LogP contribution in [0.5, 0.6) is 0 Å². The second kappa shape index (κ2) is 8.82. The standard InChI is InChI=1S/C22H23F4N3O2/c23-20-17(22(24,25)26)2-1-3-18(20)29-19-10-15(14-4-5-14)16(12-27-19)21(30)28-11-13-6-8-31-9-7-13/h1-3,10,12-14H,4-9,11H2,(H,27,29)(H,28,30). The van der Waals surface area contributed by atoms with Crippen LogP contribution in [-0.2, 0) is 10.9 Å². The van der Waals surface area contributed by atoms with E-state index in [1.807, 2.05) is 0 Å². The Kier molecular flexibility index (Phi) is 6.13. The van der Waals surface area contributed by atoms with E-state index in [1.54, 1.807) is 6.07 Å². The highest BCUT2D eigenvalue weighted by Gasteiger charge is 2.35. The molecule has 0 unspecified atom stereocenters. The van der Waals surface area contributed by atoms with Crippen LogP contribution in [0.3, 0.4) is 0 Å². The van der Waals surface area contributed by atoms with Gasteiger partial charge in [-0.2, -0.15) is 13.2 Å². The van der Waals surface area contributed by atoms with Gasteiger partial charge in [-0.1, -0.05) is 6.07 Å². The fourth-order valence-electron chi connectivity index (χ4n) is 3.73. The van der Waals surface area contributed by atoms with Gasteiger partial charge in [-0.25, -0.2) is 9.37 Å². The summed E-state index contributed by atoms with van der Waals surface area (Å²) in [5, 5.41) is 5.58. The lowest BCUT2D eigenvalue weighted by molar-refractivity contribution is -0.139. The second-order valence-electron chi connectivity index (χ2n) is 7.99. The highest BCUT2D eigenvalue weighted by Crippen LogP contribution is 2.42. The highest BCUT2D eigenvalue weighted by molar-refractivity contribution is 5.96. The van der Waals surface area contributed by atoms with Crippen molar-refractivity contribution in [1.29, 1.82) is 0 Å². The number of alkyl halides is 3. The van der Waals surface area contributed by atoms with E-state index >= 15 is 0 Å². The summed E-state index contributed by atoms with van der Waals surface area (Å²) in [5.74, 6) is -0.847. The van der Waals surface area contributed by atoms with Crippen molar-refractivity contribution in [1.82, 2.24) is 10.3 Å². The number of rotatable bonds is 6. The van der Waals surface area contributed by atoms with Gasteiger partial charge >= 0.3 is 6.18 Å². The molecule has 2 aliphatic rings. The zero-order valence-electron chi connectivity index (χ0n) is 16.8. The van der Waals surface area contributed by atoms with Crippen LogP contribution in [0.25, 0.3) is 0 Å². The zero-order chi connectivity index (χ0) is 22.0. The maximum Gasteiger partial charge on any atom is 0.419 e. The van der Waals surface area contributed by atoms with E-state index in [-0.39, 0.29) is 23.3 Å². The average molecular weight is 437 g/mol. The van der Waals surface area contributed by atoms with Gasteiger partial charge in [0.05, 0.1) is 16.8 Å². The monoisotopic (exact) mass is 437 g/mol. The van der Waals surface area contributed by atoms with Crippen LogP contribution in [0, 0.1) is 11.7 Å². The van der Waals surface area contributed by atoms with Gasteiger partial charge in [0, 0.05) is 26.0 Å². The van der Waals surface area contributed by atoms with Gasteiger partial charge in [0.25, 0.3) is 5.91 Å². The van der Waals surface area contributed by atoms with Crippen LogP contribution in [-0.4, -0.2) is 30.6 Å². The third kappa shape index (κ3) is 5.15. The molecule has 2 N–H and O–H groups in total. The van der Waals surface area contributed by atoms with Crippen molar-refractivity contribution in [2.75, 3.05) is 25.1 Å². The summed E-state index contributed by atoms with van der Waals surface area (Å²) in [7, 11) is 0. The van der Waals surface area contributed by atoms with Crippen LogP contribution in [0.1, 0.15) is 53.1 Å². The molecule has 1 saturated heterocycles. The maximum absolute atomic E-state index is 14.3. The predicted molar refractivity (Wildman–Crippen MR) is 107 cm³/mol. The Bertz CT molecular complexity index is 954. The lowest BCUT2D eigenvalue weighted by Crippen LogP contribution is -2.32. The molecule has 1 aromatic carbocycles. The molecule has 4 rings (SSSR count). The van der Waals surface area contributed by atoms with Crippen LogP contribution >= 0.6 is 0 Å². The molecule has 2 heterocycles. The Morgan fingerprint density at radius 3 is 2.58 bits per heavy atom. The van der Waals surface area contributed by atoms with E-state index in [0.717, 1.165) is 37.3 Å². The van der Waals surface area contributed by atoms with Gasteiger partial charge < -0.3 is 15.4 Å². The fraction of sp³-hybridized carbons (Fsp3) is 0.455. The lowest BCUT2D eigenvalue weighted by Gasteiger charge is -2.22. The van der Waals surface area contributed by atoms with E-state index in [2.05, 4.69) is 15.6 Å². The van der Waals surface area contributed by atoms with Crippen molar-refractivity contribution in [2.45, 2.75) is 37.8 Å². The fourth-order valence-corrected chi connectivity index (χ4v) is 3.73. The number of aromatic nitrogens is 1. The van der Waals surface area contributed by atoms with Crippen molar-refractivity contribution < 1.29 is 27.1 Å². The molecular formula is C22H23F4N3O2. The molecule has 2 fully saturated rings. The molecule has 0 spiro atoms. The topological polar surface area (TPSA) is 63.2 Å². The Balaban J connectivity index is 1.51. The number of anilines is 2. The zero-order valence-corrected chi connectivity index (χ0v) is 16.8. The van der Waals surface area contributed by atoms with E-state index < -0.39 is 17.6 Å². The maximum atomic E-state index is 14.3. The minimum atomic E-state index is -4.79.